The van der Waals surface area contributed by atoms with Crippen molar-refractivity contribution < 1.29 is 4.79 Å². The Bertz CT molecular complexity index is 456. The number of hydrogen-bond acceptors (Lipinski definition) is 2. The van der Waals surface area contributed by atoms with Crippen molar-refractivity contribution in [3.05, 3.63) is 29.8 Å². The minimum atomic E-state index is 0.0355. The molecule has 1 aromatic carbocycles. The Morgan fingerprint density at radius 2 is 2.05 bits per heavy atom. The van der Waals surface area contributed by atoms with Gasteiger partial charge in [-0.25, -0.2) is 0 Å². The van der Waals surface area contributed by atoms with Gasteiger partial charge in [0.1, 0.15) is 0 Å². The van der Waals surface area contributed by atoms with Crippen molar-refractivity contribution in [3.63, 3.8) is 0 Å². The lowest BCUT2D eigenvalue weighted by Gasteiger charge is -2.16. The molecule has 20 heavy (non-hydrogen) atoms. The van der Waals surface area contributed by atoms with Crippen LogP contribution >= 0.6 is 0 Å². The summed E-state index contributed by atoms with van der Waals surface area (Å²) >= 11 is 0. The lowest BCUT2D eigenvalue weighted by atomic mass is 10.1. The molecule has 110 valence electrons. The molecule has 1 amide bonds. The minimum Gasteiger partial charge on any atom is -0.382 e. The van der Waals surface area contributed by atoms with Crippen LogP contribution in [0.1, 0.15) is 50.4 Å². The first-order valence-electron chi connectivity index (χ1n) is 7.70. The van der Waals surface area contributed by atoms with Gasteiger partial charge in [0.25, 0.3) is 5.91 Å². The molecule has 1 saturated carbocycles. The summed E-state index contributed by atoms with van der Waals surface area (Å²) in [5.41, 5.74) is 1.66. The molecule has 0 saturated heterocycles. The number of hydrogen-bond donors (Lipinski definition) is 2. The lowest BCUT2D eigenvalue weighted by molar-refractivity contribution is 0.0948. The number of para-hydroxylation sites is 1. The number of nitrogens with one attached hydrogen (secondary N) is 2. The second-order valence-electron chi connectivity index (χ2n) is 6.34. The Kier molecular flexibility index (Phi) is 5.05. The van der Waals surface area contributed by atoms with Gasteiger partial charge < -0.3 is 10.6 Å². The molecular formula is C17H26N2O. The molecule has 2 N–H and O–H groups in total. The van der Waals surface area contributed by atoms with Crippen molar-refractivity contribution in [2.24, 2.45) is 11.8 Å². The van der Waals surface area contributed by atoms with E-state index < -0.39 is 0 Å². The van der Waals surface area contributed by atoms with E-state index >= 15 is 0 Å². The molecule has 0 aromatic heterocycles. The van der Waals surface area contributed by atoms with E-state index in [0.29, 0.717) is 12.0 Å². The van der Waals surface area contributed by atoms with E-state index in [4.69, 9.17) is 0 Å². The van der Waals surface area contributed by atoms with Gasteiger partial charge in [-0.15, -0.1) is 0 Å². The van der Waals surface area contributed by atoms with Crippen LogP contribution in [0.15, 0.2) is 24.3 Å². The van der Waals surface area contributed by atoms with E-state index in [1.54, 1.807) is 0 Å². The molecule has 2 unspecified atom stereocenters. The zero-order chi connectivity index (χ0) is 14.5. The molecule has 2 atom stereocenters. The fourth-order valence-corrected chi connectivity index (χ4v) is 2.96. The summed E-state index contributed by atoms with van der Waals surface area (Å²) in [6.45, 7) is 7.26. The van der Waals surface area contributed by atoms with Gasteiger partial charge in [0.15, 0.2) is 0 Å². The molecule has 1 aromatic rings. The molecule has 1 fully saturated rings. The van der Waals surface area contributed by atoms with Crippen LogP contribution in [0.2, 0.25) is 0 Å². The van der Waals surface area contributed by atoms with Crippen LogP contribution in [0.4, 0.5) is 5.69 Å². The standard InChI is InChI=1S/C17H26N2O/c1-12(2)19-16-7-5-4-6-15(16)17(20)18-11-14-9-8-13(3)10-14/h4-7,12-14,19H,8-11H2,1-3H3,(H,18,20). The van der Waals surface area contributed by atoms with Crippen molar-refractivity contribution in [1.29, 1.82) is 0 Å². The summed E-state index contributed by atoms with van der Waals surface area (Å²) in [5.74, 6) is 1.50. The van der Waals surface area contributed by atoms with Crippen LogP contribution in [0.5, 0.6) is 0 Å². The van der Waals surface area contributed by atoms with Crippen LogP contribution in [0, 0.1) is 11.8 Å². The van der Waals surface area contributed by atoms with Crippen molar-refractivity contribution >= 4 is 11.6 Å². The molecule has 1 aliphatic carbocycles. The number of rotatable bonds is 5. The van der Waals surface area contributed by atoms with Crippen LogP contribution in [-0.2, 0) is 0 Å². The first kappa shape index (κ1) is 14.9. The fraction of sp³-hybridized carbons (Fsp3) is 0.588. The average molecular weight is 274 g/mol. The van der Waals surface area contributed by atoms with Gasteiger partial charge in [0, 0.05) is 18.3 Å². The summed E-state index contributed by atoms with van der Waals surface area (Å²) < 4.78 is 0. The summed E-state index contributed by atoms with van der Waals surface area (Å²) in [6.07, 6.45) is 3.78. The second-order valence-corrected chi connectivity index (χ2v) is 6.34. The van der Waals surface area contributed by atoms with Crippen molar-refractivity contribution in [1.82, 2.24) is 5.32 Å². The van der Waals surface area contributed by atoms with Crippen molar-refractivity contribution in [2.75, 3.05) is 11.9 Å². The first-order chi connectivity index (χ1) is 9.56. The third-order valence-electron chi connectivity index (χ3n) is 3.97. The van der Waals surface area contributed by atoms with Gasteiger partial charge in [0.05, 0.1) is 5.56 Å². The maximum atomic E-state index is 12.3. The van der Waals surface area contributed by atoms with E-state index in [9.17, 15) is 4.79 Å². The predicted molar refractivity (Wildman–Crippen MR) is 84.0 cm³/mol. The Morgan fingerprint density at radius 3 is 2.70 bits per heavy atom. The van der Waals surface area contributed by atoms with Crippen LogP contribution in [0.25, 0.3) is 0 Å². The van der Waals surface area contributed by atoms with E-state index in [1.807, 2.05) is 24.3 Å². The van der Waals surface area contributed by atoms with E-state index in [-0.39, 0.29) is 5.91 Å². The summed E-state index contributed by atoms with van der Waals surface area (Å²) in [7, 11) is 0. The molecule has 0 spiro atoms. The molecule has 0 radical (unpaired) electrons. The SMILES string of the molecule is CC1CCC(CNC(=O)c2ccccc2NC(C)C)C1. The molecule has 0 bridgehead atoms. The highest BCUT2D eigenvalue weighted by atomic mass is 16.1. The Labute approximate surface area is 122 Å². The first-order valence-corrected chi connectivity index (χ1v) is 7.70. The normalized spacial score (nSPS) is 22.0. The molecule has 0 aliphatic heterocycles. The van der Waals surface area contributed by atoms with Gasteiger partial charge in [-0.05, 0) is 50.7 Å². The van der Waals surface area contributed by atoms with Gasteiger partial charge >= 0.3 is 0 Å². The number of carbonyl (C=O) groups is 1. The molecule has 1 aliphatic rings. The summed E-state index contributed by atoms with van der Waals surface area (Å²) in [6, 6.07) is 8.04. The van der Waals surface area contributed by atoms with E-state index in [1.165, 1.54) is 19.3 Å². The minimum absolute atomic E-state index is 0.0355. The van der Waals surface area contributed by atoms with Gasteiger partial charge in [0.2, 0.25) is 0 Å². The highest BCUT2D eigenvalue weighted by molar-refractivity contribution is 5.99. The van der Waals surface area contributed by atoms with E-state index in [0.717, 1.165) is 23.7 Å². The number of anilines is 1. The zero-order valence-electron chi connectivity index (χ0n) is 12.8. The molecule has 3 nitrogen and oxygen atoms in total. The number of amides is 1. The summed E-state index contributed by atoms with van der Waals surface area (Å²) in [5, 5.41) is 6.42. The monoisotopic (exact) mass is 274 g/mol. The average Bonchev–Trinajstić information content (AvgIpc) is 2.82. The maximum absolute atomic E-state index is 12.3. The predicted octanol–water partition coefficient (Wildman–Crippen LogP) is 3.67. The van der Waals surface area contributed by atoms with E-state index in [2.05, 4.69) is 31.4 Å². The Balaban J connectivity index is 1.95. The van der Waals surface area contributed by atoms with Gasteiger partial charge in [-0.3, -0.25) is 4.79 Å². The molecule has 3 heteroatoms. The molecule has 0 heterocycles. The quantitative estimate of drug-likeness (QED) is 0.860. The highest BCUT2D eigenvalue weighted by Crippen LogP contribution is 2.29. The maximum Gasteiger partial charge on any atom is 0.253 e. The largest absolute Gasteiger partial charge is 0.382 e. The van der Waals surface area contributed by atoms with Gasteiger partial charge in [-0.2, -0.15) is 0 Å². The number of carbonyl (C=O) groups excluding carboxylic acids is 1. The summed E-state index contributed by atoms with van der Waals surface area (Å²) in [4.78, 5) is 12.3. The number of benzene rings is 1. The van der Waals surface area contributed by atoms with Crippen molar-refractivity contribution in [3.8, 4) is 0 Å². The lowest BCUT2D eigenvalue weighted by Crippen LogP contribution is -2.29. The van der Waals surface area contributed by atoms with Crippen LogP contribution < -0.4 is 10.6 Å². The second kappa shape index (κ2) is 6.78. The molecule has 2 rings (SSSR count). The fourth-order valence-electron chi connectivity index (χ4n) is 2.96. The third kappa shape index (κ3) is 3.99. The smallest absolute Gasteiger partial charge is 0.253 e. The molecular weight excluding hydrogens is 248 g/mol. The van der Waals surface area contributed by atoms with Gasteiger partial charge in [-0.1, -0.05) is 25.5 Å². The Hall–Kier alpha value is -1.51. The zero-order valence-corrected chi connectivity index (χ0v) is 12.8. The Morgan fingerprint density at radius 1 is 1.30 bits per heavy atom. The van der Waals surface area contributed by atoms with Crippen LogP contribution in [0.3, 0.4) is 0 Å². The highest BCUT2D eigenvalue weighted by Gasteiger charge is 2.22. The third-order valence-corrected chi connectivity index (χ3v) is 3.97. The van der Waals surface area contributed by atoms with Crippen LogP contribution in [-0.4, -0.2) is 18.5 Å². The van der Waals surface area contributed by atoms with Crippen molar-refractivity contribution in [2.45, 2.75) is 46.1 Å². The topological polar surface area (TPSA) is 41.1 Å².